The van der Waals surface area contributed by atoms with Crippen LogP contribution in [-0.4, -0.2) is 30.5 Å². The van der Waals surface area contributed by atoms with Crippen molar-refractivity contribution in [3.8, 4) is 5.75 Å². The predicted octanol–water partition coefficient (Wildman–Crippen LogP) is 3.99. The van der Waals surface area contributed by atoms with Crippen LogP contribution in [0.5, 0.6) is 5.75 Å². The van der Waals surface area contributed by atoms with Gasteiger partial charge in [0.25, 0.3) is 5.91 Å². The predicted molar refractivity (Wildman–Crippen MR) is 89.6 cm³/mol. The summed E-state index contributed by atoms with van der Waals surface area (Å²) in [6.45, 7) is 4.48. The summed E-state index contributed by atoms with van der Waals surface area (Å²) in [5, 5.41) is 1.95. The van der Waals surface area contributed by atoms with E-state index >= 15 is 0 Å². The number of benzene rings is 1. The molecular formula is C18H21NO2S. The van der Waals surface area contributed by atoms with Crippen molar-refractivity contribution in [1.29, 1.82) is 0 Å². The number of piperidine rings is 1. The molecule has 2 heterocycles. The molecule has 22 heavy (non-hydrogen) atoms. The Hall–Kier alpha value is -1.81. The molecule has 0 bridgehead atoms. The first-order chi connectivity index (χ1) is 10.7. The molecule has 0 N–H and O–H groups in total. The van der Waals surface area contributed by atoms with Gasteiger partial charge in [-0.3, -0.25) is 4.79 Å². The maximum atomic E-state index is 12.3. The lowest BCUT2D eigenvalue weighted by molar-refractivity contribution is 0.0666. The van der Waals surface area contributed by atoms with E-state index in [1.54, 1.807) is 0 Å². The number of aryl methyl sites for hydroxylation is 1. The van der Waals surface area contributed by atoms with E-state index in [2.05, 4.69) is 19.1 Å². The van der Waals surface area contributed by atoms with Crippen molar-refractivity contribution in [2.75, 3.05) is 19.7 Å². The van der Waals surface area contributed by atoms with Gasteiger partial charge in [0.1, 0.15) is 5.75 Å². The van der Waals surface area contributed by atoms with E-state index in [9.17, 15) is 4.79 Å². The Labute approximate surface area is 135 Å². The molecule has 0 unspecified atom stereocenters. The molecule has 0 saturated carbocycles. The Bertz CT molecular complexity index is 616. The van der Waals surface area contributed by atoms with Crippen LogP contribution in [0.3, 0.4) is 0 Å². The van der Waals surface area contributed by atoms with E-state index in [0.717, 1.165) is 43.2 Å². The van der Waals surface area contributed by atoms with E-state index < -0.39 is 0 Å². The Morgan fingerprint density at radius 2 is 2.09 bits per heavy atom. The van der Waals surface area contributed by atoms with E-state index in [4.69, 9.17) is 4.74 Å². The minimum atomic E-state index is 0.174. The summed E-state index contributed by atoms with van der Waals surface area (Å²) in [6, 6.07) is 12.0. The minimum absolute atomic E-state index is 0.174. The van der Waals surface area contributed by atoms with Crippen molar-refractivity contribution in [3.63, 3.8) is 0 Å². The summed E-state index contributed by atoms with van der Waals surface area (Å²) in [6.07, 6.45) is 2.03. The fraction of sp³-hybridized carbons (Fsp3) is 0.389. The van der Waals surface area contributed by atoms with Crippen LogP contribution in [0.4, 0.5) is 0 Å². The smallest absolute Gasteiger partial charge is 0.263 e. The molecule has 1 saturated heterocycles. The second-order valence-electron chi connectivity index (χ2n) is 5.84. The SMILES string of the molecule is Cc1cccc(OCC2CCN(C(=O)c3cccs3)CC2)c1. The lowest BCUT2D eigenvalue weighted by Crippen LogP contribution is -2.39. The summed E-state index contributed by atoms with van der Waals surface area (Å²) in [5.41, 5.74) is 1.22. The third-order valence-electron chi connectivity index (χ3n) is 4.11. The molecule has 1 aliphatic rings. The van der Waals surface area contributed by atoms with Crippen molar-refractivity contribution >= 4 is 17.2 Å². The van der Waals surface area contributed by atoms with Gasteiger partial charge in [-0.1, -0.05) is 18.2 Å². The molecule has 1 fully saturated rings. The molecular weight excluding hydrogens is 294 g/mol. The van der Waals surface area contributed by atoms with E-state index in [1.165, 1.54) is 16.9 Å². The number of hydrogen-bond acceptors (Lipinski definition) is 3. The zero-order chi connectivity index (χ0) is 15.4. The topological polar surface area (TPSA) is 29.5 Å². The Morgan fingerprint density at radius 3 is 2.77 bits per heavy atom. The molecule has 1 amide bonds. The van der Waals surface area contributed by atoms with Gasteiger partial charge in [-0.15, -0.1) is 11.3 Å². The van der Waals surface area contributed by atoms with E-state index in [-0.39, 0.29) is 5.91 Å². The number of thiophene rings is 1. The summed E-state index contributed by atoms with van der Waals surface area (Å²) in [7, 11) is 0. The third-order valence-corrected chi connectivity index (χ3v) is 4.97. The summed E-state index contributed by atoms with van der Waals surface area (Å²) in [5.74, 6) is 1.65. The summed E-state index contributed by atoms with van der Waals surface area (Å²) in [4.78, 5) is 15.1. The maximum absolute atomic E-state index is 12.3. The van der Waals surface area contributed by atoms with Crippen LogP contribution in [0.25, 0.3) is 0 Å². The third kappa shape index (κ3) is 3.69. The average Bonchev–Trinajstić information content (AvgIpc) is 3.07. The number of nitrogens with zero attached hydrogens (tertiary/aromatic N) is 1. The van der Waals surface area contributed by atoms with Crippen LogP contribution in [-0.2, 0) is 0 Å². The van der Waals surface area contributed by atoms with Gasteiger partial charge < -0.3 is 9.64 Å². The van der Waals surface area contributed by atoms with Gasteiger partial charge in [0.2, 0.25) is 0 Å². The van der Waals surface area contributed by atoms with Crippen LogP contribution in [0.2, 0.25) is 0 Å². The molecule has 0 radical (unpaired) electrons. The number of likely N-dealkylation sites (tertiary alicyclic amines) is 1. The molecule has 3 rings (SSSR count). The number of amides is 1. The molecule has 2 aromatic rings. The van der Waals surface area contributed by atoms with Crippen molar-refractivity contribution in [3.05, 3.63) is 52.2 Å². The molecule has 3 nitrogen and oxygen atoms in total. The van der Waals surface area contributed by atoms with Crippen molar-refractivity contribution < 1.29 is 9.53 Å². The number of carbonyl (C=O) groups excluding carboxylic acids is 1. The molecule has 1 aromatic heterocycles. The van der Waals surface area contributed by atoms with Crippen LogP contribution in [0, 0.1) is 12.8 Å². The largest absolute Gasteiger partial charge is 0.493 e. The quantitative estimate of drug-likeness (QED) is 0.854. The lowest BCUT2D eigenvalue weighted by Gasteiger charge is -2.31. The summed E-state index contributed by atoms with van der Waals surface area (Å²) < 4.78 is 5.89. The second-order valence-corrected chi connectivity index (χ2v) is 6.79. The van der Waals surface area contributed by atoms with E-state index in [0.29, 0.717) is 5.92 Å². The van der Waals surface area contributed by atoms with Crippen molar-refractivity contribution in [2.24, 2.45) is 5.92 Å². The zero-order valence-electron chi connectivity index (χ0n) is 12.8. The zero-order valence-corrected chi connectivity index (χ0v) is 13.6. The van der Waals surface area contributed by atoms with Crippen molar-refractivity contribution in [1.82, 2.24) is 4.90 Å². The van der Waals surface area contributed by atoms with Crippen molar-refractivity contribution in [2.45, 2.75) is 19.8 Å². The van der Waals surface area contributed by atoms with Gasteiger partial charge >= 0.3 is 0 Å². The highest BCUT2D eigenvalue weighted by molar-refractivity contribution is 7.12. The maximum Gasteiger partial charge on any atom is 0.263 e. The minimum Gasteiger partial charge on any atom is -0.493 e. The molecule has 1 aromatic carbocycles. The standard InChI is InChI=1S/C18H21NO2S/c1-14-4-2-5-16(12-14)21-13-15-7-9-19(10-8-15)18(20)17-6-3-11-22-17/h2-6,11-12,15H,7-10,13H2,1H3. The molecule has 0 atom stereocenters. The fourth-order valence-electron chi connectivity index (χ4n) is 2.78. The Balaban J connectivity index is 1.47. The number of rotatable bonds is 4. The Morgan fingerprint density at radius 1 is 1.27 bits per heavy atom. The number of ether oxygens (including phenoxy) is 1. The van der Waals surface area contributed by atoms with Crippen LogP contribution < -0.4 is 4.74 Å². The van der Waals surface area contributed by atoms with Crippen LogP contribution in [0.1, 0.15) is 28.1 Å². The first kappa shape index (κ1) is 15.1. The van der Waals surface area contributed by atoms with Gasteiger partial charge in [0.15, 0.2) is 0 Å². The number of carbonyl (C=O) groups is 1. The normalized spacial score (nSPS) is 15.8. The van der Waals surface area contributed by atoms with Gasteiger partial charge in [-0.05, 0) is 54.8 Å². The first-order valence-corrected chi connectivity index (χ1v) is 8.62. The first-order valence-electron chi connectivity index (χ1n) is 7.74. The molecule has 116 valence electrons. The van der Waals surface area contributed by atoms with Crippen LogP contribution in [0.15, 0.2) is 41.8 Å². The highest BCUT2D eigenvalue weighted by Crippen LogP contribution is 2.22. The average molecular weight is 315 g/mol. The fourth-order valence-corrected chi connectivity index (χ4v) is 3.47. The van der Waals surface area contributed by atoms with Gasteiger partial charge in [0.05, 0.1) is 11.5 Å². The van der Waals surface area contributed by atoms with E-state index in [1.807, 2.05) is 34.5 Å². The molecule has 0 spiro atoms. The second kappa shape index (κ2) is 6.97. The molecule has 0 aliphatic carbocycles. The number of hydrogen-bond donors (Lipinski definition) is 0. The van der Waals surface area contributed by atoms with Gasteiger partial charge in [-0.2, -0.15) is 0 Å². The lowest BCUT2D eigenvalue weighted by atomic mass is 9.97. The Kier molecular flexibility index (Phi) is 4.78. The highest BCUT2D eigenvalue weighted by atomic mass is 32.1. The highest BCUT2D eigenvalue weighted by Gasteiger charge is 2.24. The van der Waals surface area contributed by atoms with Gasteiger partial charge in [-0.25, -0.2) is 0 Å². The van der Waals surface area contributed by atoms with Crippen LogP contribution >= 0.6 is 11.3 Å². The monoisotopic (exact) mass is 315 g/mol. The molecule has 4 heteroatoms. The summed E-state index contributed by atoms with van der Waals surface area (Å²) >= 11 is 1.52. The van der Waals surface area contributed by atoms with Gasteiger partial charge in [0, 0.05) is 13.1 Å². The molecule has 1 aliphatic heterocycles.